The molecule has 0 spiro atoms. The second-order valence-corrected chi connectivity index (χ2v) is 10.8. The fourth-order valence-electron chi connectivity index (χ4n) is 6.62. The Kier molecular flexibility index (Phi) is 5.84. The van der Waals surface area contributed by atoms with Gasteiger partial charge in [-0.15, -0.1) is 0 Å². The predicted molar refractivity (Wildman–Crippen MR) is 152 cm³/mol. The molecule has 1 saturated carbocycles. The van der Waals surface area contributed by atoms with Crippen molar-refractivity contribution < 1.29 is 19.1 Å². The molecular weight excluding hydrogens is 504 g/mol. The van der Waals surface area contributed by atoms with E-state index in [-0.39, 0.29) is 17.9 Å². The molecule has 0 bridgehead atoms. The van der Waals surface area contributed by atoms with Gasteiger partial charge in [-0.2, -0.15) is 0 Å². The molecule has 40 heavy (non-hydrogen) atoms. The molecule has 7 rings (SSSR count). The van der Waals surface area contributed by atoms with Crippen LogP contribution in [0.4, 0.5) is 10.5 Å². The van der Waals surface area contributed by atoms with Crippen molar-refractivity contribution in [3.05, 3.63) is 95.2 Å². The van der Waals surface area contributed by atoms with Gasteiger partial charge in [0.25, 0.3) is 11.8 Å². The number of carbonyl (C=O) groups is 3. The fraction of sp³-hybridized carbons (Fsp3) is 0.281. The van der Waals surface area contributed by atoms with Crippen LogP contribution in [-0.2, 0) is 11.2 Å². The molecule has 1 aliphatic carbocycles. The van der Waals surface area contributed by atoms with Crippen molar-refractivity contribution in [1.29, 1.82) is 0 Å². The van der Waals surface area contributed by atoms with Gasteiger partial charge in [0, 0.05) is 29.1 Å². The van der Waals surface area contributed by atoms with Crippen molar-refractivity contribution in [3.8, 4) is 5.75 Å². The zero-order valence-corrected chi connectivity index (χ0v) is 22.2. The number of benzene rings is 3. The van der Waals surface area contributed by atoms with E-state index < -0.39 is 18.1 Å². The van der Waals surface area contributed by atoms with Crippen LogP contribution in [0.1, 0.15) is 58.9 Å². The van der Waals surface area contributed by atoms with Crippen LogP contribution in [0.25, 0.3) is 10.9 Å². The van der Waals surface area contributed by atoms with E-state index in [4.69, 9.17) is 4.74 Å². The number of imide groups is 1. The van der Waals surface area contributed by atoms with Crippen molar-refractivity contribution in [3.63, 3.8) is 0 Å². The summed E-state index contributed by atoms with van der Waals surface area (Å²) in [7, 11) is 1.61. The molecule has 8 heteroatoms. The number of ether oxygens (including phenoxy) is 1. The summed E-state index contributed by atoms with van der Waals surface area (Å²) in [6, 6.07) is 21.0. The lowest BCUT2D eigenvalue weighted by atomic mass is 9.89. The molecule has 3 heterocycles. The Hall–Kier alpha value is -4.59. The third kappa shape index (κ3) is 3.78. The number of rotatable bonds is 5. The summed E-state index contributed by atoms with van der Waals surface area (Å²) in [6.07, 6.45) is 4.46. The molecule has 2 fully saturated rings. The first-order valence-corrected chi connectivity index (χ1v) is 13.8. The molecule has 4 aromatic rings. The molecule has 0 unspecified atom stereocenters. The van der Waals surface area contributed by atoms with Crippen LogP contribution < -0.4 is 15.0 Å². The third-order valence-electron chi connectivity index (χ3n) is 8.56. The van der Waals surface area contributed by atoms with Crippen LogP contribution in [0.3, 0.4) is 0 Å². The summed E-state index contributed by atoms with van der Waals surface area (Å²) in [6.45, 7) is 0. The molecule has 8 nitrogen and oxygen atoms in total. The lowest BCUT2D eigenvalue weighted by molar-refractivity contribution is -0.120. The number of aromatic nitrogens is 1. The first kappa shape index (κ1) is 24.5. The van der Waals surface area contributed by atoms with E-state index in [2.05, 4.69) is 10.3 Å². The number of carbonyl (C=O) groups excluding carboxylic acids is 3. The number of fused-ring (bicyclic) bond motifs is 4. The van der Waals surface area contributed by atoms with Crippen molar-refractivity contribution in [2.75, 3.05) is 12.0 Å². The van der Waals surface area contributed by atoms with E-state index >= 15 is 0 Å². The monoisotopic (exact) mass is 534 g/mol. The number of methoxy groups -OCH3 is 1. The van der Waals surface area contributed by atoms with Gasteiger partial charge >= 0.3 is 6.03 Å². The number of hydrogen-bond acceptors (Lipinski definition) is 4. The topological polar surface area (TPSA) is 94.7 Å². The number of anilines is 1. The van der Waals surface area contributed by atoms with Crippen LogP contribution in [0, 0.1) is 0 Å². The lowest BCUT2D eigenvalue weighted by Gasteiger charge is -2.36. The molecule has 2 aliphatic heterocycles. The number of nitrogens with zero attached hydrogens (tertiary/aromatic N) is 2. The maximum absolute atomic E-state index is 14.3. The molecule has 202 valence electrons. The largest absolute Gasteiger partial charge is 0.497 e. The summed E-state index contributed by atoms with van der Waals surface area (Å²) >= 11 is 0. The van der Waals surface area contributed by atoms with Crippen LogP contribution >= 0.6 is 0 Å². The highest BCUT2D eigenvalue weighted by atomic mass is 16.5. The number of amides is 4. The molecule has 0 radical (unpaired) electrons. The number of urea groups is 1. The predicted octanol–water partition coefficient (Wildman–Crippen LogP) is 5.33. The van der Waals surface area contributed by atoms with E-state index in [9.17, 15) is 14.4 Å². The maximum atomic E-state index is 14.3. The normalized spacial score (nSPS) is 20.6. The smallest absolute Gasteiger partial charge is 0.332 e. The Balaban J connectivity index is 1.32. The van der Waals surface area contributed by atoms with Crippen molar-refractivity contribution in [2.24, 2.45) is 0 Å². The van der Waals surface area contributed by atoms with Crippen LogP contribution in [-0.4, -0.2) is 46.9 Å². The molecule has 3 aromatic carbocycles. The van der Waals surface area contributed by atoms with Crippen LogP contribution in [0.2, 0.25) is 0 Å². The van der Waals surface area contributed by atoms with Crippen molar-refractivity contribution in [2.45, 2.75) is 50.2 Å². The van der Waals surface area contributed by atoms with Gasteiger partial charge in [0.15, 0.2) is 0 Å². The molecular formula is C32H30N4O4. The summed E-state index contributed by atoms with van der Waals surface area (Å²) in [5.41, 5.74) is 4.43. The second kappa shape index (κ2) is 9.55. The van der Waals surface area contributed by atoms with Crippen molar-refractivity contribution >= 4 is 34.4 Å². The molecule has 1 aromatic heterocycles. The lowest BCUT2D eigenvalue weighted by Crippen LogP contribution is -2.44. The minimum Gasteiger partial charge on any atom is -0.497 e. The Bertz CT molecular complexity index is 1640. The molecule has 4 amide bonds. The fourth-order valence-corrected chi connectivity index (χ4v) is 6.62. The zero-order valence-electron chi connectivity index (χ0n) is 22.2. The highest BCUT2D eigenvalue weighted by Gasteiger charge is 2.53. The van der Waals surface area contributed by atoms with Gasteiger partial charge in [0.2, 0.25) is 0 Å². The third-order valence-corrected chi connectivity index (χ3v) is 8.56. The number of para-hydroxylation sites is 2. The summed E-state index contributed by atoms with van der Waals surface area (Å²) in [5, 5.41) is 4.16. The standard InChI is InChI=1S/C32H30N4O4/c1-40-21-16-14-19(15-17-21)29-28-24(22-10-4-6-12-25(22)34-28)18-27-31(38)36(32(39)35(27)29)26-13-7-5-11-23(26)30(37)33-20-8-2-3-9-20/h4-7,10-17,20,27,29,34H,2-3,8-9,18H2,1H3,(H,33,37)/t27-,29-/m0/s1. The second-order valence-electron chi connectivity index (χ2n) is 10.8. The minimum absolute atomic E-state index is 0.120. The van der Waals surface area contributed by atoms with E-state index in [0.717, 1.165) is 53.4 Å². The van der Waals surface area contributed by atoms with Crippen LogP contribution in [0.5, 0.6) is 5.75 Å². The highest BCUT2D eigenvalue weighted by Crippen LogP contribution is 2.45. The van der Waals surface area contributed by atoms with Crippen molar-refractivity contribution in [1.82, 2.24) is 15.2 Å². The summed E-state index contributed by atoms with van der Waals surface area (Å²) < 4.78 is 5.37. The number of nitrogens with one attached hydrogen (secondary N) is 2. The first-order chi connectivity index (χ1) is 19.5. The van der Waals surface area contributed by atoms with E-state index in [1.807, 2.05) is 48.5 Å². The van der Waals surface area contributed by atoms with Gasteiger partial charge in [-0.25, -0.2) is 9.69 Å². The van der Waals surface area contributed by atoms with Gasteiger partial charge < -0.3 is 15.0 Å². The molecule has 2 N–H and O–H groups in total. The SMILES string of the molecule is COc1ccc([C@H]2c3[nH]c4ccccc4c3C[C@H]3C(=O)N(c4ccccc4C(=O)NC4CCCC4)C(=O)N23)cc1. The van der Waals surface area contributed by atoms with Gasteiger partial charge in [-0.05, 0) is 54.3 Å². The Morgan fingerprint density at radius 2 is 1.68 bits per heavy atom. The summed E-state index contributed by atoms with van der Waals surface area (Å²) in [4.78, 5) is 48.2. The quantitative estimate of drug-likeness (QED) is 0.338. The average Bonchev–Trinajstić information content (AvgIpc) is 3.69. The Morgan fingerprint density at radius 3 is 2.45 bits per heavy atom. The Morgan fingerprint density at radius 1 is 0.950 bits per heavy atom. The number of hydrogen-bond donors (Lipinski definition) is 2. The zero-order chi connectivity index (χ0) is 27.4. The molecule has 1 saturated heterocycles. The van der Waals surface area contributed by atoms with Gasteiger partial charge in [-0.3, -0.25) is 14.5 Å². The van der Waals surface area contributed by atoms with E-state index in [0.29, 0.717) is 23.4 Å². The Labute approximate surface area is 231 Å². The maximum Gasteiger partial charge on any atom is 0.332 e. The van der Waals surface area contributed by atoms with E-state index in [1.165, 1.54) is 4.90 Å². The summed E-state index contributed by atoms with van der Waals surface area (Å²) in [5.74, 6) is 0.136. The number of aromatic amines is 1. The van der Waals surface area contributed by atoms with Crippen LogP contribution in [0.15, 0.2) is 72.8 Å². The number of H-pyrrole nitrogens is 1. The molecule has 2 atom stereocenters. The van der Waals surface area contributed by atoms with Gasteiger partial charge in [0.05, 0.1) is 18.4 Å². The highest BCUT2D eigenvalue weighted by molar-refractivity contribution is 6.24. The molecule has 3 aliphatic rings. The van der Waals surface area contributed by atoms with Gasteiger partial charge in [-0.1, -0.05) is 55.3 Å². The van der Waals surface area contributed by atoms with E-state index in [1.54, 1.807) is 36.3 Å². The average molecular weight is 535 g/mol. The first-order valence-electron chi connectivity index (χ1n) is 13.8. The van der Waals surface area contributed by atoms with Gasteiger partial charge in [0.1, 0.15) is 17.8 Å². The minimum atomic E-state index is -0.697.